The van der Waals surface area contributed by atoms with Crippen LogP contribution in [0, 0.1) is 13.8 Å². The van der Waals surface area contributed by atoms with Crippen molar-refractivity contribution in [3.8, 4) is 0 Å². The highest BCUT2D eigenvalue weighted by Gasteiger charge is 2.32. The predicted octanol–water partition coefficient (Wildman–Crippen LogP) is 4.20. The first-order chi connectivity index (χ1) is 15.4. The Morgan fingerprint density at radius 3 is 2.62 bits per heavy atom. The number of pyridine rings is 1. The Bertz CT molecular complexity index is 1200. The molecule has 2 aromatic carbocycles. The van der Waals surface area contributed by atoms with E-state index < -0.39 is 12.2 Å². The van der Waals surface area contributed by atoms with E-state index in [-0.39, 0.29) is 12.5 Å². The molecule has 0 radical (unpaired) electrons. The van der Waals surface area contributed by atoms with Crippen molar-refractivity contribution in [1.82, 2.24) is 10.3 Å². The Morgan fingerprint density at radius 1 is 1.03 bits per heavy atom. The molecule has 2 N–H and O–H groups in total. The zero-order valence-electron chi connectivity index (χ0n) is 18.3. The van der Waals surface area contributed by atoms with Crippen molar-refractivity contribution in [2.75, 3.05) is 10.2 Å². The highest BCUT2D eigenvalue weighted by atomic mass is 16.2. The van der Waals surface area contributed by atoms with Crippen molar-refractivity contribution in [3.05, 3.63) is 89.2 Å². The number of hydrogen-bond donors (Lipinski definition) is 2. The fourth-order valence-corrected chi connectivity index (χ4v) is 3.70. The minimum atomic E-state index is -1.06. The average Bonchev–Trinajstić information content (AvgIpc) is 2.86. The van der Waals surface area contributed by atoms with Gasteiger partial charge >= 0.3 is 6.03 Å². The molecule has 1 aliphatic heterocycles. The Hall–Kier alpha value is -4.00. The lowest BCUT2D eigenvalue weighted by molar-refractivity contribution is -0.120. The lowest BCUT2D eigenvalue weighted by Gasteiger charge is -2.25. The number of nitrogens with zero attached hydrogens (tertiary/aromatic N) is 3. The van der Waals surface area contributed by atoms with Crippen LogP contribution in [0.4, 0.5) is 16.2 Å². The Morgan fingerprint density at radius 2 is 1.84 bits per heavy atom. The van der Waals surface area contributed by atoms with Crippen LogP contribution < -0.4 is 15.5 Å². The summed E-state index contributed by atoms with van der Waals surface area (Å²) in [5.41, 5.74) is 5.71. The van der Waals surface area contributed by atoms with Crippen molar-refractivity contribution in [2.24, 2.45) is 4.99 Å². The molecule has 1 aliphatic rings. The summed E-state index contributed by atoms with van der Waals surface area (Å²) in [4.78, 5) is 36.9. The summed E-state index contributed by atoms with van der Waals surface area (Å²) in [7, 11) is 0. The molecular formula is C25H25N5O2. The van der Waals surface area contributed by atoms with E-state index in [0.717, 1.165) is 28.1 Å². The van der Waals surface area contributed by atoms with Gasteiger partial charge in [0.2, 0.25) is 6.17 Å². The van der Waals surface area contributed by atoms with E-state index in [9.17, 15) is 9.59 Å². The normalized spacial score (nSPS) is 15.5. The maximum absolute atomic E-state index is 13.6. The molecule has 3 aromatic rings. The standard InChI is InChI=1S/C25H25N5O2/c1-16-8-6-10-19(14-16)28-25(32)29-23-24(31)30(15-21-17(2)9-7-13-26-21)22-12-5-4-11-20(22)18(3)27-23/h4-14,23H,15H2,1-3H3,(H2,28,29,32)/t23-/m0/s1. The minimum Gasteiger partial charge on any atom is -0.308 e. The van der Waals surface area contributed by atoms with Crippen molar-refractivity contribution in [1.29, 1.82) is 0 Å². The van der Waals surface area contributed by atoms with Crippen LogP contribution in [-0.4, -0.2) is 28.8 Å². The molecule has 0 aliphatic carbocycles. The van der Waals surface area contributed by atoms with Gasteiger partial charge in [-0.3, -0.25) is 14.8 Å². The number of carbonyl (C=O) groups excluding carboxylic acids is 2. The quantitative estimate of drug-likeness (QED) is 0.654. The molecule has 1 atom stereocenters. The van der Waals surface area contributed by atoms with Crippen LogP contribution >= 0.6 is 0 Å². The van der Waals surface area contributed by atoms with Crippen LogP contribution in [0.5, 0.6) is 0 Å². The second-order valence-electron chi connectivity index (χ2n) is 7.79. The van der Waals surface area contributed by atoms with Crippen LogP contribution in [0.15, 0.2) is 71.9 Å². The number of aryl methyl sites for hydroxylation is 2. The molecule has 0 saturated heterocycles. The number of benzene rings is 2. The SMILES string of the molecule is CC1=N[C@@H](NC(=O)Nc2cccc(C)c2)C(=O)N(Cc2ncccc2C)c2ccccc21. The summed E-state index contributed by atoms with van der Waals surface area (Å²) >= 11 is 0. The molecule has 0 spiro atoms. The third-order valence-corrected chi connectivity index (χ3v) is 5.38. The highest BCUT2D eigenvalue weighted by molar-refractivity contribution is 6.12. The summed E-state index contributed by atoms with van der Waals surface area (Å²) < 4.78 is 0. The number of hydrogen-bond acceptors (Lipinski definition) is 4. The Kier molecular flexibility index (Phi) is 5.98. The molecule has 4 rings (SSSR count). The summed E-state index contributed by atoms with van der Waals surface area (Å²) in [5.74, 6) is -0.321. The van der Waals surface area contributed by atoms with Gasteiger partial charge in [0.15, 0.2) is 0 Å². The highest BCUT2D eigenvalue weighted by Crippen LogP contribution is 2.27. The lowest BCUT2D eigenvalue weighted by Crippen LogP contribution is -2.48. The molecular weight excluding hydrogens is 402 g/mol. The second kappa shape index (κ2) is 9.01. The summed E-state index contributed by atoms with van der Waals surface area (Å²) in [6, 6.07) is 18.4. The molecule has 0 fully saturated rings. The van der Waals surface area contributed by atoms with Crippen molar-refractivity contribution >= 4 is 29.0 Å². The van der Waals surface area contributed by atoms with E-state index in [1.807, 2.05) is 75.4 Å². The average molecular weight is 428 g/mol. The van der Waals surface area contributed by atoms with E-state index in [1.54, 1.807) is 17.2 Å². The summed E-state index contributed by atoms with van der Waals surface area (Å²) in [6.07, 6.45) is 0.653. The molecule has 3 amide bonds. The smallest absolute Gasteiger partial charge is 0.308 e. The number of amides is 3. The lowest BCUT2D eigenvalue weighted by atomic mass is 10.1. The number of aliphatic imine (C=N–C) groups is 1. The number of rotatable bonds is 4. The number of nitrogens with one attached hydrogen (secondary N) is 2. The predicted molar refractivity (Wildman–Crippen MR) is 126 cm³/mol. The van der Waals surface area contributed by atoms with Crippen molar-refractivity contribution in [2.45, 2.75) is 33.5 Å². The van der Waals surface area contributed by atoms with Gasteiger partial charge in [-0.25, -0.2) is 4.79 Å². The first-order valence-electron chi connectivity index (χ1n) is 10.4. The van der Waals surface area contributed by atoms with Crippen LogP contribution in [0.1, 0.15) is 29.3 Å². The molecule has 0 bridgehead atoms. The second-order valence-corrected chi connectivity index (χ2v) is 7.79. The van der Waals surface area contributed by atoms with Gasteiger partial charge in [0.05, 0.1) is 17.9 Å². The zero-order valence-corrected chi connectivity index (χ0v) is 18.3. The molecule has 7 nitrogen and oxygen atoms in total. The maximum Gasteiger partial charge on any atom is 0.321 e. The summed E-state index contributed by atoms with van der Waals surface area (Å²) in [6.45, 7) is 6.03. The number of aromatic nitrogens is 1. The van der Waals surface area contributed by atoms with Crippen LogP contribution in [0.2, 0.25) is 0 Å². The van der Waals surface area contributed by atoms with Gasteiger partial charge in [0.25, 0.3) is 5.91 Å². The first kappa shape index (κ1) is 21.2. The maximum atomic E-state index is 13.6. The number of carbonyl (C=O) groups is 2. The van der Waals surface area contributed by atoms with E-state index in [0.29, 0.717) is 11.4 Å². The molecule has 2 heterocycles. The minimum absolute atomic E-state index is 0.281. The Labute approximate surface area is 187 Å². The molecule has 32 heavy (non-hydrogen) atoms. The van der Waals surface area contributed by atoms with E-state index in [2.05, 4.69) is 20.6 Å². The monoisotopic (exact) mass is 427 g/mol. The van der Waals surface area contributed by atoms with Crippen LogP contribution in [0.3, 0.4) is 0 Å². The molecule has 0 unspecified atom stereocenters. The van der Waals surface area contributed by atoms with E-state index in [1.165, 1.54) is 0 Å². The van der Waals surface area contributed by atoms with E-state index >= 15 is 0 Å². The number of anilines is 2. The number of para-hydroxylation sites is 1. The number of urea groups is 1. The fraction of sp³-hybridized carbons (Fsp3) is 0.200. The third-order valence-electron chi connectivity index (χ3n) is 5.38. The van der Waals surface area contributed by atoms with Gasteiger partial charge in [-0.1, -0.05) is 36.4 Å². The molecule has 1 aromatic heterocycles. The third kappa shape index (κ3) is 4.51. The number of benzodiazepines with no additional fused rings is 1. The van der Waals surface area contributed by atoms with Gasteiger partial charge in [-0.05, 0) is 56.2 Å². The van der Waals surface area contributed by atoms with E-state index in [4.69, 9.17) is 0 Å². The largest absolute Gasteiger partial charge is 0.321 e. The molecule has 162 valence electrons. The van der Waals surface area contributed by atoms with Crippen molar-refractivity contribution in [3.63, 3.8) is 0 Å². The molecule has 0 saturated carbocycles. The van der Waals surface area contributed by atoms with Crippen LogP contribution in [0.25, 0.3) is 0 Å². The topological polar surface area (TPSA) is 86.7 Å². The van der Waals surface area contributed by atoms with Gasteiger partial charge in [-0.15, -0.1) is 0 Å². The summed E-state index contributed by atoms with van der Waals surface area (Å²) in [5, 5.41) is 5.50. The van der Waals surface area contributed by atoms with Crippen molar-refractivity contribution < 1.29 is 9.59 Å². The first-order valence-corrected chi connectivity index (χ1v) is 10.4. The fourth-order valence-electron chi connectivity index (χ4n) is 3.70. The number of fused-ring (bicyclic) bond motifs is 1. The zero-order chi connectivity index (χ0) is 22.7. The Balaban J connectivity index is 1.63. The van der Waals surface area contributed by atoms with Crippen LogP contribution in [-0.2, 0) is 11.3 Å². The molecule has 7 heteroatoms. The van der Waals surface area contributed by atoms with Gasteiger partial charge < -0.3 is 15.5 Å². The van der Waals surface area contributed by atoms with Gasteiger partial charge in [0.1, 0.15) is 0 Å². The van der Waals surface area contributed by atoms with Gasteiger partial charge in [0, 0.05) is 23.2 Å². The van der Waals surface area contributed by atoms with Gasteiger partial charge in [-0.2, -0.15) is 0 Å².